The van der Waals surface area contributed by atoms with Crippen molar-refractivity contribution in [2.45, 2.75) is 43.7 Å². The van der Waals surface area contributed by atoms with Crippen molar-refractivity contribution < 1.29 is 18.3 Å². The van der Waals surface area contributed by atoms with Crippen molar-refractivity contribution >= 4 is 21.6 Å². The van der Waals surface area contributed by atoms with E-state index in [1.54, 1.807) is 0 Å². The molecule has 0 saturated heterocycles. The van der Waals surface area contributed by atoms with Crippen LogP contribution in [0.4, 0.5) is 0 Å². The third kappa shape index (κ3) is 3.51. The molecule has 5 nitrogen and oxygen atoms in total. The molecule has 0 radical (unpaired) electrons. The molecule has 1 saturated carbocycles. The van der Waals surface area contributed by atoms with E-state index < -0.39 is 15.6 Å². The molecule has 7 heteroatoms. The summed E-state index contributed by atoms with van der Waals surface area (Å²) in [6.45, 7) is 3.39. The second-order valence-electron chi connectivity index (χ2n) is 5.86. The molecule has 0 spiro atoms. The van der Waals surface area contributed by atoms with Gasteiger partial charge in [0.2, 0.25) is 10.0 Å². The van der Waals surface area contributed by atoms with E-state index in [0.717, 1.165) is 12.8 Å². The number of rotatable bonds is 6. The van der Waals surface area contributed by atoms with E-state index in [-0.39, 0.29) is 22.3 Å². The number of benzene rings is 1. The fourth-order valence-electron chi connectivity index (χ4n) is 2.46. The Morgan fingerprint density at radius 2 is 2.05 bits per heavy atom. The van der Waals surface area contributed by atoms with Gasteiger partial charge in [0, 0.05) is 16.1 Å². The number of ether oxygens (including phenoxy) is 1. The largest absolute Gasteiger partial charge is 0.495 e. The molecule has 21 heavy (non-hydrogen) atoms. The summed E-state index contributed by atoms with van der Waals surface area (Å²) in [5.41, 5.74) is -0.180. The first-order valence-corrected chi connectivity index (χ1v) is 8.58. The highest BCUT2D eigenvalue weighted by Crippen LogP contribution is 2.41. The van der Waals surface area contributed by atoms with E-state index in [0.29, 0.717) is 11.5 Å². The van der Waals surface area contributed by atoms with Gasteiger partial charge in [0.25, 0.3) is 0 Å². The second kappa shape index (κ2) is 5.76. The van der Waals surface area contributed by atoms with E-state index >= 15 is 0 Å². The minimum Gasteiger partial charge on any atom is -0.495 e. The lowest BCUT2D eigenvalue weighted by atomic mass is 10.0. The van der Waals surface area contributed by atoms with Crippen LogP contribution in [0.2, 0.25) is 5.02 Å². The fraction of sp³-hybridized carbons (Fsp3) is 0.571. The fourth-order valence-corrected chi connectivity index (χ4v) is 4.48. The molecule has 1 aliphatic rings. The Balaban J connectivity index is 2.46. The van der Waals surface area contributed by atoms with Gasteiger partial charge in [-0.3, -0.25) is 0 Å². The zero-order valence-corrected chi connectivity index (χ0v) is 13.9. The van der Waals surface area contributed by atoms with Crippen LogP contribution in [0.1, 0.15) is 32.3 Å². The summed E-state index contributed by atoms with van der Waals surface area (Å²) in [4.78, 5) is -0.0460. The molecule has 1 aromatic rings. The number of sulfonamides is 1. The average Bonchev–Trinajstić information content (AvgIpc) is 3.20. The Morgan fingerprint density at radius 3 is 2.52 bits per heavy atom. The summed E-state index contributed by atoms with van der Waals surface area (Å²) in [7, 11) is -2.42. The molecule has 1 aromatic carbocycles. The molecule has 1 fully saturated rings. The molecule has 118 valence electrons. The van der Waals surface area contributed by atoms with Crippen molar-refractivity contribution in [3.8, 4) is 5.75 Å². The standard InChI is InChI=1S/C14H20ClNO4S/c1-14(2,10-4-5-10)16-21(18,19)12-7-11(15)6-9(8-17)13(12)20-3/h6-7,10,16-17H,4-5,8H2,1-3H3. The maximum absolute atomic E-state index is 12.6. The number of hydrogen-bond acceptors (Lipinski definition) is 4. The number of hydrogen-bond donors (Lipinski definition) is 2. The number of halogens is 1. The highest BCUT2D eigenvalue weighted by molar-refractivity contribution is 7.89. The molecular formula is C14H20ClNO4S. The summed E-state index contributed by atoms with van der Waals surface area (Å²) in [6, 6.07) is 2.83. The third-order valence-corrected chi connectivity index (χ3v) is 5.65. The molecular weight excluding hydrogens is 314 g/mol. The highest BCUT2D eigenvalue weighted by Gasteiger charge is 2.41. The van der Waals surface area contributed by atoms with Gasteiger partial charge in [0.15, 0.2) is 0 Å². The Kier molecular flexibility index (Phi) is 4.54. The van der Waals surface area contributed by atoms with Crippen molar-refractivity contribution in [3.05, 3.63) is 22.7 Å². The lowest BCUT2D eigenvalue weighted by molar-refractivity contribution is 0.272. The van der Waals surface area contributed by atoms with E-state index in [1.165, 1.54) is 19.2 Å². The average molecular weight is 334 g/mol. The van der Waals surface area contributed by atoms with Crippen molar-refractivity contribution in [2.75, 3.05) is 7.11 Å². The summed E-state index contributed by atoms with van der Waals surface area (Å²) in [5, 5.41) is 9.58. The van der Waals surface area contributed by atoms with Crippen LogP contribution in [-0.4, -0.2) is 26.2 Å². The van der Waals surface area contributed by atoms with Gasteiger partial charge >= 0.3 is 0 Å². The first kappa shape index (κ1) is 16.5. The molecule has 2 N–H and O–H groups in total. The van der Waals surface area contributed by atoms with Crippen molar-refractivity contribution in [1.82, 2.24) is 4.72 Å². The topological polar surface area (TPSA) is 75.6 Å². The number of methoxy groups -OCH3 is 1. The normalized spacial score (nSPS) is 16.0. The molecule has 0 aliphatic heterocycles. The van der Waals surface area contributed by atoms with Crippen LogP contribution in [0, 0.1) is 5.92 Å². The maximum Gasteiger partial charge on any atom is 0.244 e. The van der Waals surface area contributed by atoms with Gasteiger partial charge in [-0.1, -0.05) is 11.6 Å². The van der Waals surface area contributed by atoms with E-state index in [9.17, 15) is 13.5 Å². The van der Waals surface area contributed by atoms with Crippen LogP contribution < -0.4 is 9.46 Å². The quantitative estimate of drug-likeness (QED) is 0.837. The lowest BCUT2D eigenvalue weighted by Gasteiger charge is -2.26. The van der Waals surface area contributed by atoms with Gasteiger partial charge in [-0.15, -0.1) is 0 Å². The minimum atomic E-state index is -3.79. The Hall–Kier alpha value is -0.820. The Morgan fingerprint density at radius 1 is 1.43 bits per heavy atom. The van der Waals surface area contributed by atoms with Gasteiger partial charge in [-0.05, 0) is 44.7 Å². The first-order valence-electron chi connectivity index (χ1n) is 6.72. The highest BCUT2D eigenvalue weighted by atomic mass is 35.5. The second-order valence-corrected chi connectivity index (χ2v) is 7.94. The van der Waals surface area contributed by atoms with Crippen molar-refractivity contribution in [1.29, 1.82) is 0 Å². The molecule has 0 bridgehead atoms. The van der Waals surface area contributed by atoms with Crippen LogP contribution in [0.15, 0.2) is 17.0 Å². The lowest BCUT2D eigenvalue weighted by Crippen LogP contribution is -2.45. The summed E-state index contributed by atoms with van der Waals surface area (Å²) < 4.78 is 33.2. The summed E-state index contributed by atoms with van der Waals surface area (Å²) in [5.74, 6) is 0.468. The predicted molar refractivity (Wildman–Crippen MR) is 81.1 cm³/mol. The van der Waals surface area contributed by atoms with Crippen LogP contribution >= 0.6 is 11.6 Å². The van der Waals surface area contributed by atoms with Crippen LogP contribution in [0.5, 0.6) is 5.75 Å². The molecule has 0 amide bonds. The van der Waals surface area contributed by atoms with Crippen LogP contribution in [-0.2, 0) is 16.6 Å². The van der Waals surface area contributed by atoms with Crippen LogP contribution in [0.3, 0.4) is 0 Å². The van der Waals surface area contributed by atoms with Crippen molar-refractivity contribution in [2.24, 2.45) is 5.92 Å². The predicted octanol–water partition coefficient (Wildman–Crippen LogP) is 2.31. The van der Waals surface area contributed by atoms with Gasteiger partial charge in [-0.25, -0.2) is 13.1 Å². The number of aliphatic hydroxyl groups excluding tert-OH is 1. The molecule has 0 atom stereocenters. The Bertz CT molecular complexity index is 639. The monoisotopic (exact) mass is 333 g/mol. The first-order chi connectivity index (χ1) is 9.71. The SMILES string of the molecule is COc1c(CO)cc(Cl)cc1S(=O)(=O)NC(C)(C)C1CC1. The van der Waals surface area contributed by atoms with E-state index in [4.69, 9.17) is 16.3 Å². The molecule has 0 heterocycles. The maximum atomic E-state index is 12.6. The minimum absolute atomic E-state index is 0.0460. The summed E-state index contributed by atoms with van der Waals surface area (Å²) in [6.07, 6.45) is 2.04. The Labute approximate surface area is 130 Å². The molecule has 1 aliphatic carbocycles. The zero-order valence-electron chi connectivity index (χ0n) is 12.3. The van der Waals surface area contributed by atoms with Gasteiger partial charge in [0.1, 0.15) is 10.6 Å². The van der Waals surface area contributed by atoms with Crippen LogP contribution in [0.25, 0.3) is 0 Å². The number of nitrogens with one attached hydrogen (secondary N) is 1. The van der Waals surface area contributed by atoms with Gasteiger partial charge < -0.3 is 9.84 Å². The van der Waals surface area contributed by atoms with E-state index in [2.05, 4.69) is 4.72 Å². The van der Waals surface area contributed by atoms with E-state index in [1.807, 2.05) is 13.8 Å². The van der Waals surface area contributed by atoms with Gasteiger partial charge in [-0.2, -0.15) is 0 Å². The zero-order chi connectivity index (χ0) is 15.8. The molecule has 0 aromatic heterocycles. The molecule has 2 rings (SSSR count). The van der Waals surface area contributed by atoms with Gasteiger partial charge in [0.05, 0.1) is 13.7 Å². The smallest absolute Gasteiger partial charge is 0.244 e. The summed E-state index contributed by atoms with van der Waals surface area (Å²) >= 11 is 5.95. The number of aliphatic hydroxyl groups is 1. The third-order valence-electron chi connectivity index (χ3n) is 3.76. The molecule has 0 unspecified atom stereocenters. The van der Waals surface area contributed by atoms with Crippen molar-refractivity contribution in [3.63, 3.8) is 0 Å².